The molecule has 1 aliphatic rings. The van der Waals surface area contributed by atoms with Gasteiger partial charge in [-0.3, -0.25) is 14.5 Å². The zero-order valence-corrected chi connectivity index (χ0v) is 11.4. The Labute approximate surface area is 116 Å². The molecule has 2 amide bonds. The molecular weight excluding hydrogens is 276 g/mol. The summed E-state index contributed by atoms with van der Waals surface area (Å²) in [5.74, 6) is -3.48. The number of nitrogens with two attached hydrogens (primary N) is 2. The number of rotatable bonds is 4. The third kappa shape index (κ3) is 3.14. The van der Waals surface area contributed by atoms with Gasteiger partial charge in [-0.15, -0.1) is 12.4 Å². The number of halogens is 1. The fourth-order valence-electron chi connectivity index (χ4n) is 2.12. The maximum absolute atomic E-state index is 11.8. The van der Waals surface area contributed by atoms with E-state index in [4.69, 9.17) is 16.6 Å². The van der Waals surface area contributed by atoms with Gasteiger partial charge in [-0.25, -0.2) is 9.79 Å². The van der Waals surface area contributed by atoms with E-state index >= 15 is 0 Å². The van der Waals surface area contributed by atoms with Gasteiger partial charge in [-0.05, 0) is 6.42 Å². The number of hydrogen-bond donors (Lipinski definition) is 3. The number of guanidine groups is 1. The largest absolute Gasteiger partial charge is 0.480 e. The standard InChI is InChI=1S/C10H16N4O4.ClH/c1-3-5(13-10(11)12)6-7(9(17)18)14(4(2)15)8(6)16;/h5-7H,3H2,1-2H3,(H,17,18)(H4,11,12,13);1H/t5?,6-,7+;/m1./s1. The highest BCUT2D eigenvalue weighted by Crippen LogP contribution is 2.32. The lowest BCUT2D eigenvalue weighted by molar-refractivity contribution is -0.177. The number of imide groups is 1. The van der Waals surface area contributed by atoms with E-state index in [2.05, 4.69) is 4.99 Å². The molecule has 1 fully saturated rings. The van der Waals surface area contributed by atoms with Crippen molar-refractivity contribution in [3.8, 4) is 0 Å². The third-order valence-corrected chi connectivity index (χ3v) is 2.88. The Morgan fingerprint density at radius 1 is 1.47 bits per heavy atom. The molecule has 1 unspecified atom stereocenters. The first kappa shape index (κ1) is 17.2. The van der Waals surface area contributed by atoms with Crippen molar-refractivity contribution in [1.29, 1.82) is 0 Å². The van der Waals surface area contributed by atoms with Crippen LogP contribution in [0.3, 0.4) is 0 Å². The van der Waals surface area contributed by atoms with Gasteiger partial charge in [0.2, 0.25) is 11.8 Å². The molecule has 0 spiro atoms. The number of hydrogen-bond acceptors (Lipinski definition) is 4. The van der Waals surface area contributed by atoms with Crippen molar-refractivity contribution < 1.29 is 19.5 Å². The first-order valence-corrected chi connectivity index (χ1v) is 5.46. The van der Waals surface area contributed by atoms with Crippen LogP contribution in [0, 0.1) is 5.92 Å². The molecule has 1 saturated heterocycles. The van der Waals surface area contributed by atoms with Crippen molar-refractivity contribution in [2.24, 2.45) is 22.4 Å². The Morgan fingerprint density at radius 3 is 2.32 bits per heavy atom. The van der Waals surface area contributed by atoms with Gasteiger partial charge in [0, 0.05) is 6.92 Å². The summed E-state index contributed by atoms with van der Waals surface area (Å²) in [7, 11) is 0. The molecule has 0 aliphatic carbocycles. The second-order valence-electron chi connectivity index (χ2n) is 4.07. The summed E-state index contributed by atoms with van der Waals surface area (Å²) in [5, 5.41) is 9.06. The van der Waals surface area contributed by atoms with Crippen LogP contribution < -0.4 is 11.5 Å². The molecule has 9 heteroatoms. The molecule has 0 aromatic heterocycles. The highest BCUT2D eigenvalue weighted by Gasteiger charge is 2.56. The molecule has 0 bridgehead atoms. The molecule has 1 heterocycles. The predicted molar refractivity (Wildman–Crippen MR) is 69.6 cm³/mol. The van der Waals surface area contributed by atoms with Crippen LogP contribution in [0.25, 0.3) is 0 Å². The number of nitrogens with zero attached hydrogens (tertiary/aromatic N) is 2. The van der Waals surface area contributed by atoms with Gasteiger partial charge in [-0.1, -0.05) is 6.92 Å². The molecule has 0 aromatic carbocycles. The third-order valence-electron chi connectivity index (χ3n) is 2.88. The number of aliphatic carboxylic acids is 1. The smallest absolute Gasteiger partial charge is 0.327 e. The van der Waals surface area contributed by atoms with E-state index in [-0.39, 0.29) is 18.4 Å². The number of carboxylic acids is 1. The SMILES string of the molecule is CCC(N=C(N)N)[C@H]1C(=O)N(C(C)=O)[C@@H]1C(=O)O.Cl. The maximum atomic E-state index is 11.8. The molecule has 0 aromatic rings. The topological polar surface area (TPSA) is 139 Å². The van der Waals surface area contributed by atoms with Crippen LogP contribution in [-0.4, -0.2) is 45.8 Å². The summed E-state index contributed by atoms with van der Waals surface area (Å²) in [6.07, 6.45) is 0.407. The van der Waals surface area contributed by atoms with Crippen LogP contribution >= 0.6 is 12.4 Å². The van der Waals surface area contributed by atoms with Crippen LogP contribution in [0.4, 0.5) is 0 Å². The Bertz CT molecular complexity index is 422. The Morgan fingerprint density at radius 2 is 2.00 bits per heavy atom. The van der Waals surface area contributed by atoms with E-state index in [1.165, 1.54) is 0 Å². The minimum Gasteiger partial charge on any atom is -0.480 e. The number of aliphatic imine (C=N–C) groups is 1. The molecular formula is C10H17ClN4O4. The van der Waals surface area contributed by atoms with Gasteiger partial charge in [0.25, 0.3) is 0 Å². The van der Waals surface area contributed by atoms with Crippen molar-refractivity contribution in [2.45, 2.75) is 32.4 Å². The van der Waals surface area contributed by atoms with E-state index in [1.54, 1.807) is 6.92 Å². The van der Waals surface area contributed by atoms with Crippen LogP contribution in [0.1, 0.15) is 20.3 Å². The van der Waals surface area contributed by atoms with Crippen molar-refractivity contribution in [2.75, 3.05) is 0 Å². The van der Waals surface area contributed by atoms with Gasteiger partial charge in [0.05, 0.1) is 12.0 Å². The number of carbonyl (C=O) groups excluding carboxylic acids is 2. The average molecular weight is 293 g/mol. The second kappa shape index (κ2) is 6.37. The van der Waals surface area contributed by atoms with E-state index < -0.39 is 35.8 Å². The molecule has 8 nitrogen and oxygen atoms in total. The highest BCUT2D eigenvalue weighted by molar-refractivity contribution is 6.07. The predicted octanol–water partition coefficient (Wildman–Crippen LogP) is -1.08. The van der Waals surface area contributed by atoms with E-state index in [0.29, 0.717) is 6.42 Å². The van der Waals surface area contributed by atoms with E-state index in [1.807, 2.05) is 0 Å². The fourth-order valence-corrected chi connectivity index (χ4v) is 2.12. The van der Waals surface area contributed by atoms with Gasteiger partial charge in [-0.2, -0.15) is 0 Å². The number of likely N-dealkylation sites (tertiary alicyclic amines) is 1. The normalized spacial score (nSPS) is 22.8. The highest BCUT2D eigenvalue weighted by atomic mass is 35.5. The van der Waals surface area contributed by atoms with Gasteiger partial charge in [0.15, 0.2) is 12.0 Å². The molecule has 3 atom stereocenters. The molecule has 1 rings (SSSR count). The van der Waals surface area contributed by atoms with Crippen LogP contribution in [-0.2, 0) is 14.4 Å². The molecule has 108 valence electrons. The monoisotopic (exact) mass is 292 g/mol. The summed E-state index contributed by atoms with van der Waals surface area (Å²) in [6, 6.07) is -1.82. The number of carbonyl (C=O) groups is 3. The molecule has 5 N–H and O–H groups in total. The Kier molecular flexibility index (Phi) is 5.76. The van der Waals surface area contributed by atoms with E-state index in [0.717, 1.165) is 11.8 Å². The zero-order chi connectivity index (χ0) is 14.0. The average Bonchev–Trinajstić information content (AvgIpc) is 2.22. The summed E-state index contributed by atoms with van der Waals surface area (Å²) in [5.41, 5.74) is 10.5. The number of amides is 2. The summed E-state index contributed by atoms with van der Waals surface area (Å²) in [6.45, 7) is 2.88. The van der Waals surface area contributed by atoms with Crippen LogP contribution in [0.2, 0.25) is 0 Å². The molecule has 1 aliphatic heterocycles. The number of β-lactam (4-membered cyclic amide) rings is 1. The summed E-state index contributed by atoms with van der Waals surface area (Å²) >= 11 is 0. The molecule has 19 heavy (non-hydrogen) atoms. The van der Waals surface area contributed by atoms with Crippen LogP contribution in [0.15, 0.2) is 4.99 Å². The molecule has 0 radical (unpaired) electrons. The van der Waals surface area contributed by atoms with Crippen molar-refractivity contribution in [3.63, 3.8) is 0 Å². The zero-order valence-electron chi connectivity index (χ0n) is 10.6. The first-order valence-electron chi connectivity index (χ1n) is 5.46. The lowest BCUT2D eigenvalue weighted by Gasteiger charge is -2.44. The maximum Gasteiger partial charge on any atom is 0.327 e. The second-order valence-corrected chi connectivity index (χ2v) is 4.07. The lowest BCUT2D eigenvalue weighted by Crippen LogP contribution is -2.68. The minimum absolute atomic E-state index is 0. The van der Waals surface area contributed by atoms with Crippen molar-refractivity contribution >= 4 is 36.2 Å². The van der Waals surface area contributed by atoms with Gasteiger partial charge >= 0.3 is 5.97 Å². The quantitative estimate of drug-likeness (QED) is 0.342. The van der Waals surface area contributed by atoms with Gasteiger partial charge in [0.1, 0.15) is 0 Å². The lowest BCUT2D eigenvalue weighted by atomic mass is 9.80. The van der Waals surface area contributed by atoms with E-state index in [9.17, 15) is 14.4 Å². The Hall–Kier alpha value is -1.83. The van der Waals surface area contributed by atoms with Gasteiger partial charge < -0.3 is 16.6 Å². The van der Waals surface area contributed by atoms with Crippen molar-refractivity contribution in [1.82, 2.24) is 4.90 Å². The van der Waals surface area contributed by atoms with Crippen molar-refractivity contribution in [3.05, 3.63) is 0 Å². The van der Waals surface area contributed by atoms with Crippen LogP contribution in [0.5, 0.6) is 0 Å². The molecule has 0 saturated carbocycles. The minimum atomic E-state index is -1.24. The first-order chi connectivity index (χ1) is 8.31. The summed E-state index contributed by atoms with van der Waals surface area (Å²) < 4.78 is 0. The number of carboxylic acid groups (broad SMARTS) is 1. The Balaban J connectivity index is 0.00000324. The fraction of sp³-hybridized carbons (Fsp3) is 0.600. The summed E-state index contributed by atoms with van der Waals surface area (Å²) in [4.78, 5) is 38.6.